The van der Waals surface area contributed by atoms with Gasteiger partial charge >= 0.3 is 6.03 Å². The van der Waals surface area contributed by atoms with Crippen molar-refractivity contribution in [1.29, 1.82) is 0 Å². The molecule has 3 rings (SSSR count). The molecule has 2 amide bonds. The number of nitrogens with one attached hydrogen (secondary N) is 1. The molecular weight excluding hydrogens is 316 g/mol. The van der Waals surface area contributed by atoms with Crippen LogP contribution in [0.2, 0.25) is 0 Å². The molecule has 2 aliphatic rings. The molecule has 1 fully saturated rings. The predicted molar refractivity (Wildman–Crippen MR) is 95.7 cm³/mol. The Hall–Kier alpha value is -2.63. The van der Waals surface area contributed by atoms with Crippen molar-refractivity contribution in [2.24, 2.45) is 10.3 Å². The quantitative estimate of drug-likeness (QED) is 0.651. The number of likely N-dealkylation sites (tertiary alicyclic amines) is 1. The fourth-order valence-electron chi connectivity index (χ4n) is 2.96. The zero-order valence-electron chi connectivity index (χ0n) is 14.4. The molecule has 0 radical (unpaired) electrons. The summed E-state index contributed by atoms with van der Waals surface area (Å²) in [5.74, 6) is 0. The van der Waals surface area contributed by atoms with Crippen LogP contribution in [0.3, 0.4) is 0 Å². The maximum absolute atomic E-state index is 12.0. The minimum Gasteiger partial charge on any atom is -0.495 e. The summed E-state index contributed by atoms with van der Waals surface area (Å²) in [5.41, 5.74) is 5.58. The van der Waals surface area contributed by atoms with Gasteiger partial charge in [0.2, 0.25) is 0 Å². The minimum atomic E-state index is -0.186. The summed E-state index contributed by atoms with van der Waals surface area (Å²) >= 11 is 0. The van der Waals surface area contributed by atoms with Crippen LogP contribution in [-0.2, 0) is 11.2 Å². The Morgan fingerprint density at radius 3 is 2.72 bits per heavy atom. The SMILES string of the molecule is O=C(NN=NC1=COCC(CCc2ccccc2)=C1)N1CCCCC1. The summed E-state index contributed by atoms with van der Waals surface area (Å²) in [7, 11) is 0. The van der Waals surface area contributed by atoms with E-state index in [4.69, 9.17) is 4.74 Å². The van der Waals surface area contributed by atoms with Gasteiger partial charge in [-0.05, 0) is 49.3 Å². The summed E-state index contributed by atoms with van der Waals surface area (Å²) < 4.78 is 5.45. The van der Waals surface area contributed by atoms with E-state index in [1.807, 2.05) is 24.3 Å². The standard InChI is InChI=1S/C19H24N4O2/c24-19(23-11-5-2-6-12-23)21-22-20-18-13-17(14-25-15-18)10-9-16-7-3-1-4-8-16/h1,3-4,7-8,13,15H,2,5-6,9-12,14H2,(H,20,21,24). The third-order valence-corrected chi connectivity index (χ3v) is 4.36. The molecule has 1 aromatic carbocycles. The normalized spacial score (nSPS) is 17.7. The number of hydrogen-bond donors (Lipinski definition) is 1. The summed E-state index contributed by atoms with van der Waals surface area (Å²) in [4.78, 5) is 13.7. The van der Waals surface area contributed by atoms with Crippen LogP contribution in [0, 0.1) is 0 Å². The summed E-state index contributed by atoms with van der Waals surface area (Å²) in [6.45, 7) is 2.15. The Kier molecular flexibility index (Phi) is 6.20. The smallest absolute Gasteiger partial charge is 0.339 e. The average Bonchev–Trinajstić information content (AvgIpc) is 2.68. The molecule has 0 bridgehead atoms. The van der Waals surface area contributed by atoms with Crippen LogP contribution in [0.5, 0.6) is 0 Å². The number of ether oxygens (including phenoxy) is 1. The zero-order chi connectivity index (χ0) is 17.3. The Morgan fingerprint density at radius 2 is 1.92 bits per heavy atom. The number of hydrogen-bond acceptors (Lipinski definition) is 4. The Bertz CT molecular complexity index is 661. The monoisotopic (exact) mass is 340 g/mol. The molecule has 132 valence electrons. The molecule has 0 spiro atoms. The highest BCUT2D eigenvalue weighted by molar-refractivity contribution is 5.73. The van der Waals surface area contributed by atoms with Crippen molar-refractivity contribution in [1.82, 2.24) is 10.3 Å². The fraction of sp³-hybridized carbons (Fsp3) is 0.421. The van der Waals surface area contributed by atoms with Crippen molar-refractivity contribution in [2.45, 2.75) is 32.1 Å². The van der Waals surface area contributed by atoms with E-state index < -0.39 is 0 Å². The van der Waals surface area contributed by atoms with Crippen LogP contribution >= 0.6 is 0 Å². The Morgan fingerprint density at radius 1 is 1.12 bits per heavy atom. The number of amides is 2. The van der Waals surface area contributed by atoms with Crippen molar-refractivity contribution >= 4 is 6.03 Å². The van der Waals surface area contributed by atoms with Crippen LogP contribution < -0.4 is 5.43 Å². The molecule has 0 aromatic heterocycles. The van der Waals surface area contributed by atoms with Gasteiger partial charge in [-0.25, -0.2) is 10.2 Å². The van der Waals surface area contributed by atoms with Crippen LogP contribution in [-0.4, -0.2) is 30.6 Å². The highest BCUT2D eigenvalue weighted by Gasteiger charge is 2.15. The Balaban J connectivity index is 1.47. The van der Waals surface area contributed by atoms with E-state index >= 15 is 0 Å². The highest BCUT2D eigenvalue weighted by Crippen LogP contribution is 2.17. The maximum Gasteiger partial charge on any atom is 0.339 e. The van der Waals surface area contributed by atoms with E-state index in [2.05, 4.69) is 27.9 Å². The van der Waals surface area contributed by atoms with Crippen LogP contribution in [0.1, 0.15) is 31.2 Å². The number of nitrogens with zero attached hydrogens (tertiary/aromatic N) is 3. The Labute approximate surface area is 148 Å². The first kappa shape index (κ1) is 17.2. The topological polar surface area (TPSA) is 66.3 Å². The second kappa shape index (κ2) is 9.01. The zero-order valence-corrected chi connectivity index (χ0v) is 14.4. The molecular formula is C19H24N4O2. The number of aryl methyl sites for hydroxylation is 1. The van der Waals surface area contributed by atoms with Crippen LogP contribution in [0.4, 0.5) is 4.79 Å². The van der Waals surface area contributed by atoms with E-state index in [1.165, 1.54) is 17.6 Å². The highest BCUT2D eigenvalue weighted by atomic mass is 16.5. The van der Waals surface area contributed by atoms with E-state index in [-0.39, 0.29) is 6.03 Å². The molecule has 6 heteroatoms. The number of carbonyl (C=O) groups is 1. The maximum atomic E-state index is 12.0. The molecule has 6 nitrogen and oxygen atoms in total. The molecule has 1 N–H and O–H groups in total. The molecule has 0 saturated carbocycles. The first-order chi connectivity index (χ1) is 12.3. The lowest BCUT2D eigenvalue weighted by Gasteiger charge is -2.25. The van der Waals surface area contributed by atoms with Crippen molar-refractivity contribution in [3.8, 4) is 0 Å². The second-order valence-electron chi connectivity index (χ2n) is 6.31. The lowest BCUT2D eigenvalue weighted by Crippen LogP contribution is -2.40. The van der Waals surface area contributed by atoms with Gasteiger partial charge in [-0.2, -0.15) is 0 Å². The largest absolute Gasteiger partial charge is 0.495 e. The van der Waals surface area contributed by atoms with Crippen molar-refractivity contribution in [2.75, 3.05) is 19.7 Å². The van der Waals surface area contributed by atoms with Gasteiger partial charge in [-0.15, -0.1) is 5.11 Å². The predicted octanol–water partition coefficient (Wildman–Crippen LogP) is 3.98. The summed E-state index contributed by atoms with van der Waals surface area (Å²) in [6, 6.07) is 10.2. The minimum absolute atomic E-state index is 0.186. The van der Waals surface area contributed by atoms with Crippen molar-refractivity contribution < 1.29 is 9.53 Å². The van der Waals surface area contributed by atoms with Gasteiger partial charge in [0.1, 0.15) is 18.6 Å². The van der Waals surface area contributed by atoms with Crippen LogP contribution in [0.25, 0.3) is 0 Å². The van der Waals surface area contributed by atoms with E-state index in [0.717, 1.165) is 38.8 Å². The molecule has 1 aromatic rings. The third-order valence-electron chi connectivity index (χ3n) is 4.36. The van der Waals surface area contributed by atoms with Gasteiger partial charge in [-0.3, -0.25) is 0 Å². The lowest BCUT2D eigenvalue weighted by molar-refractivity contribution is 0.186. The van der Waals surface area contributed by atoms with Gasteiger partial charge in [0.25, 0.3) is 0 Å². The lowest BCUT2D eigenvalue weighted by atomic mass is 10.0. The molecule has 25 heavy (non-hydrogen) atoms. The van der Waals surface area contributed by atoms with Gasteiger partial charge in [0.15, 0.2) is 0 Å². The number of piperidine rings is 1. The van der Waals surface area contributed by atoms with E-state index in [1.54, 1.807) is 11.2 Å². The fourth-order valence-corrected chi connectivity index (χ4v) is 2.96. The first-order valence-electron chi connectivity index (χ1n) is 8.82. The van der Waals surface area contributed by atoms with Gasteiger partial charge in [0.05, 0.1) is 0 Å². The summed E-state index contributed by atoms with van der Waals surface area (Å²) in [5, 5.41) is 7.86. The summed E-state index contributed by atoms with van der Waals surface area (Å²) in [6.07, 6.45) is 8.72. The van der Waals surface area contributed by atoms with E-state index in [9.17, 15) is 4.79 Å². The number of rotatable bonds is 5. The molecule has 0 unspecified atom stereocenters. The van der Waals surface area contributed by atoms with Crippen molar-refractivity contribution in [3.63, 3.8) is 0 Å². The van der Waals surface area contributed by atoms with Gasteiger partial charge in [-0.1, -0.05) is 35.6 Å². The second-order valence-corrected chi connectivity index (χ2v) is 6.31. The average molecular weight is 340 g/mol. The number of allylic oxidation sites excluding steroid dienone is 1. The number of urea groups is 1. The van der Waals surface area contributed by atoms with Gasteiger partial charge in [0, 0.05) is 13.1 Å². The number of carbonyl (C=O) groups excluding carboxylic acids is 1. The van der Waals surface area contributed by atoms with E-state index in [0.29, 0.717) is 12.3 Å². The third kappa shape index (κ3) is 5.45. The van der Waals surface area contributed by atoms with Crippen LogP contribution in [0.15, 0.2) is 64.3 Å². The first-order valence-corrected chi connectivity index (χ1v) is 8.82. The molecule has 2 aliphatic heterocycles. The molecule has 0 atom stereocenters. The molecule has 2 heterocycles. The number of benzene rings is 1. The molecule has 0 aliphatic carbocycles. The van der Waals surface area contributed by atoms with Crippen molar-refractivity contribution in [3.05, 3.63) is 59.5 Å². The van der Waals surface area contributed by atoms with Gasteiger partial charge < -0.3 is 9.64 Å². The molecule has 1 saturated heterocycles.